The lowest BCUT2D eigenvalue weighted by Gasteiger charge is -2.36. The number of fused-ring (bicyclic) bond motifs is 1. The van der Waals surface area contributed by atoms with Crippen molar-refractivity contribution in [3.63, 3.8) is 0 Å². The average Bonchev–Trinajstić information content (AvgIpc) is 3.35. The van der Waals surface area contributed by atoms with Gasteiger partial charge in [0.05, 0.1) is 12.1 Å². The minimum absolute atomic E-state index is 0.0117. The van der Waals surface area contributed by atoms with Gasteiger partial charge < -0.3 is 20.1 Å². The highest BCUT2D eigenvalue weighted by Gasteiger charge is 2.32. The largest absolute Gasteiger partial charge is 0.352 e. The molecule has 7 nitrogen and oxygen atoms in total. The molecule has 1 fully saturated rings. The number of hydrogen-bond acceptors (Lipinski definition) is 4. The Bertz CT molecular complexity index is 1340. The van der Waals surface area contributed by atoms with Crippen molar-refractivity contribution in [2.24, 2.45) is 5.92 Å². The fourth-order valence-electron chi connectivity index (χ4n) is 4.46. The number of rotatable bonds is 6. The Labute approximate surface area is 192 Å². The fraction of sp³-hybridized carbons (Fsp3) is 0.292. The molecule has 1 aliphatic rings. The molecule has 2 heterocycles. The third-order valence-electron chi connectivity index (χ3n) is 6.10. The molecule has 2 aromatic carbocycles. The first-order valence-corrected chi connectivity index (χ1v) is 10.9. The van der Waals surface area contributed by atoms with Crippen LogP contribution < -0.4 is 10.6 Å². The topological polar surface area (TPSA) is 95.8 Å². The molecule has 0 aliphatic heterocycles. The van der Waals surface area contributed by atoms with Crippen LogP contribution in [0.2, 0.25) is 0 Å². The molecule has 2 aromatic heterocycles. The summed E-state index contributed by atoms with van der Waals surface area (Å²) in [5.41, 5.74) is 2.33. The van der Waals surface area contributed by atoms with Crippen LogP contribution in [0.15, 0.2) is 40.9 Å². The molecule has 176 valence electrons. The van der Waals surface area contributed by atoms with Gasteiger partial charge in [-0.1, -0.05) is 5.16 Å². The maximum Gasteiger partial charge on any atom is 0.315 e. The summed E-state index contributed by atoms with van der Waals surface area (Å²) in [6.07, 6.45) is 2.01. The van der Waals surface area contributed by atoms with E-state index in [1.54, 1.807) is 19.1 Å². The number of H-pyrrole nitrogens is 1. The molecule has 0 spiro atoms. The van der Waals surface area contributed by atoms with E-state index in [1.807, 2.05) is 0 Å². The lowest BCUT2D eigenvalue weighted by molar-refractivity contribution is 0.201. The lowest BCUT2D eigenvalue weighted by atomic mass is 9.76. The Morgan fingerprint density at radius 2 is 1.91 bits per heavy atom. The SMILES string of the molecule is Cc1noc(CNC(=O)NC2CC(Cc3c(-c4ccc(F)cc4)[nH]c4c(F)cc(F)cc34)C2)n1. The van der Waals surface area contributed by atoms with E-state index in [4.69, 9.17) is 4.52 Å². The van der Waals surface area contributed by atoms with Gasteiger partial charge in [-0.15, -0.1) is 0 Å². The van der Waals surface area contributed by atoms with Gasteiger partial charge in [0, 0.05) is 23.2 Å². The van der Waals surface area contributed by atoms with Gasteiger partial charge in [-0.3, -0.25) is 0 Å². The standard InChI is InChI=1S/C24H22F3N5O2/c1-12-29-21(34-32-12)11-28-24(33)30-17-6-13(7-17)8-18-19-9-16(26)10-20(27)23(19)31-22(18)14-2-4-15(25)5-3-14/h2-5,9-10,13,17,31H,6-8,11H2,1H3,(H2,28,30,33). The van der Waals surface area contributed by atoms with Crippen molar-refractivity contribution < 1.29 is 22.5 Å². The summed E-state index contributed by atoms with van der Waals surface area (Å²) in [5, 5.41) is 9.72. The molecule has 0 bridgehead atoms. The predicted octanol–water partition coefficient (Wildman–Crippen LogP) is 4.76. The number of aromatic amines is 1. The Kier molecular flexibility index (Phi) is 5.72. The number of aryl methyl sites for hydroxylation is 1. The van der Waals surface area contributed by atoms with Crippen LogP contribution in [-0.2, 0) is 13.0 Å². The van der Waals surface area contributed by atoms with E-state index in [0.29, 0.717) is 34.8 Å². The monoisotopic (exact) mass is 469 g/mol. The van der Waals surface area contributed by atoms with Crippen LogP contribution in [0.25, 0.3) is 22.2 Å². The Balaban J connectivity index is 1.27. The predicted molar refractivity (Wildman–Crippen MR) is 118 cm³/mol. The molecular formula is C24H22F3N5O2. The Morgan fingerprint density at radius 1 is 1.15 bits per heavy atom. The molecule has 10 heteroatoms. The average molecular weight is 469 g/mol. The summed E-state index contributed by atoms with van der Waals surface area (Å²) in [6.45, 7) is 1.83. The number of nitrogens with one attached hydrogen (secondary N) is 3. The van der Waals surface area contributed by atoms with Gasteiger partial charge >= 0.3 is 6.03 Å². The van der Waals surface area contributed by atoms with E-state index < -0.39 is 11.6 Å². The smallest absolute Gasteiger partial charge is 0.315 e. The van der Waals surface area contributed by atoms with Gasteiger partial charge in [-0.05, 0) is 73.6 Å². The van der Waals surface area contributed by atoms with Crippen molar-refractivity contribution in [2.45, 2.75) is 38.8 Å². The highest BCUT2D eigenvalue weighted by Crippen LogP contribution is 2.38. The molecule has 0 saturated heterocycles. The number of halogens is 3. The van der Waals surface area contributed by atoms with Gasteiger partial charge in [0.1, 0.15) is 17.5 Å². The van der Waals surface area contributed by atoms with Gasteiger partial charge in [0.2, 0.25) is 5.89 Å². The Morgan fingerprint density at radius 3 is 2.62 bits per heavy atom. The number of hydrogen-bond donors (Lipinski definition) is 3. The van der Waals surface area contributed by atoms with Gasteiger partial charge in [-0.25, -0.2) is 18.0 Å². The number of amides is 2. The van der Waals surface area contributed by atoms with E-state index in [0.717, 1.165) is 24.5 Å². The van der Waals surface area contributed by atoms with Crippen molar-refractivity contribution in [1.29, 1.82) is 0 Å². The summed E-state index contributed by atoms with van der Waals surface area (Å²) < 4.78 is 46.8. The van der Waals surface area contributed by atoms with Crippen molar-refractivity contribution >= 4 is 16.9 Å². The maximum atomic E-state index is 14.5. The van der Waals surface area contributed by atoms with Crippen LogP contribution in [0.1, 0.15) is 30.1 Å². The highest BCUT2D eigenvalue weighted by molar-refractivity contribution is 5.91. The number of benzene rings is 2. The summed E-state index contributed by atoms with van der Waals surface area (Å²) in [5.74, 6) is -0.669. The van der Waals surface area contributed by atoms with Crippen LogP contribution in [0.4, 0.5) is 18.0 Å². The third-order valence-corrected chi connectivity index (χ3v) is 6.10. The number of carbonyl (C=O) groups is 1. The van der Waals surface area contributed by atoms with Gasteiger partial charge in [-0.2, -0.15) is 4.98 Å². The van der Waals surface area contributed by atoms with E-state index >= 15 is 0 Å². The molecule has 4 aromatic rings. The number of nitrogens with zero attached hydrogens (tertiary/aromatic N) is 2. The van der Waals surface area contributed by atoms with Crippen LogP contribution in [-0.4, -0.2) is 27.2 Å². The van der Waals surface area contributed by atoms with Crippen molar-refractivity contribution in [3.05, 3.63) is 71.1 Å². The lowest BCUT2D eigenvalue weighted by Crippen LogP contribution is -2.48. The molecule has 1 aliphatic carbocycles. The maximum absolute atomic E-state index is 14.5. The molecule has 0 unspecified atom stereocenters. The Hall–Kier alpha value is -3.82. The minimum Gasteiger partial charge on any atom is -0.352 e. The molecular weight excluding hydrogens is 447 g/mol. The zero-order valence-corrected chi connectivity index (χ0v) is 18.3. The first-order chi connectivity index (χ1) is 16.4. The number of urea groups is 1. The van der Waals surface area contributed by atoms with Crippen LogP contribution in [0, 0.1) is 30.3 Å². The van der Waals surface area contributed by atoms with Crippen molar-refractivity contribution in [3.8, 4) is 11.3 Å². The zero-order chi connectivity index (χ0) is 23.8. The van der Waals surface area contributed by atoms with Crippen molar-refractivity contribution in [2.75, 3.05) is 0 Å². The first-order valence-electron chi connectivity index (χ1n) is 10.9. The third kappa shape index (κ3) is 4.48. The summed E-state index contributed by atoms with van der Waals surface area (Å²) in [7, 11) is 0. The minimum atomic E-state index is -0.675. The van der Waals surface area contributed by atoms with E-state index in [1.165, 1.54) is 18.2 Å². The summed E-state index contributed by atoms with van der Waals surface area (Å²) >= 11 is 0. The van der Waals surface area contributed by atoms with E-state index in [9.17, 15) is 18.0 Å². The van der Waals surface area contributed by atoms with Gasteiger partial charge in [0.15, 0.2) is 5.82 Å². The highest BCUT2D eigenvalue weighted by atomic mass is 19.1. The summed E-state index contributed by atoms with van der Waals surface area (Å²) in [6, 6.07) is 7.70. The second kappa shape index (κ2) is 8.85. The first kappa shape index (κ1) is 22.0. The molecule has 2 amide bonds. The van der Waals surface area contributed by atoms with Gasteiger partial charge in [0.25, 0.3) is 0 Å². The molecule has 34 heavy (non-hydrogen) atoms. The van der Waals surface area contributed by atoms with Crippen LogP contribution in [0.3, 0.4) is 0 Å². The van der Waals surface area contributed by atoms with Crippen molar-refractivity contribution in [1.82, 2.24) is 25.8 Å². The number of carbonyl (C=O) groups excluding carboxylic acids is 1. The van der Waals surface area contributed by atoms with E-state index in [-0.39, 0.29) is 35.9 Å². The number of aromatic nitrogens is 3. The second-order valence-corrected chi connectivity index (χ2v) is 8.60. The molecule has 5 rings (SSSR count). The normalized spacial score (nSPS) is 17.5. The molecule has 0 atom stereocenters. The zero-order valence-electron chi connectivity index (χ0n) is 18.3. The second-order valence-electron chi connectivity index (χ2n) is 8.60. The van der Waals surface area contributed by atoms with Crippen LogP contribution in [0.5, 0.6) is 0 Å². The summed E-state index contributed by atoms with van der Waals surface area (Å²) in [4.78, 5) is 19.2. The van der Waals surface area contributed by atoms with Crippen LogP contribution >= 0.6 is 0 Å². The fourth-order valence-corrected chi connectivity index (χ4v) is 4.46. The quantitative estimate of drug-likeness (QED) is 0.379. The molecule has 1 saturated carbocycles. The molecule has 3 N–H and O–H groups in total. The van der Waals surface area contributed by atoms with E-state index in [2.05, 4.69) is 25.8 Å². The molecule has 0 radical (unpaired) electrons.